The summed E-state index contributed by atoms with van der Waals surface area (Å²) in [6.45, 7) is 1.89. The fourth-order valence-electron chi connectivity index (χ4n) is 3.04. The van der Waals surface area contributed by atoms with E-state index in [1.54, 1.807) is 49.4 Å². The predicted octanol–water partition coefficient (Wildman–Crippen LogP) is 5.32. The molecule has 1 N–H and O–H groups in total. The van der Waals surface area contributed by atoms with Gasteiger partial charge in [0.05, 0.1) is 27.8 Å². The zero-order chi connectivity index (χ0) is 24.9. The molecule has 0 aliphatic carbocycles. The molecular weight excluding hydrogens is 496 g/mol. The first kappa shape index (κ1) is 25.6. The van der Waals surface area contributed by atoms with E-state index < -0.39 is 21.9 Å². The van der Waals surface area contributed by atoms with E-state index in [4.69, 9.17) is 16.3 Å². The molecule has 0 saturated heterocycles. The molecule has 0 heterocycles. The van der Waals surface area contributed by atoms with Crippen molar-refractivity contribution in [3.63, 3.8) is 0 Å². The lowest BCUT2D eigenvalue weighted by Crippen LogP contribution is -2.26. The third-order valence-electron chi connectivity index (χ3n) is 4.93. The number of nitrogens with one attached hydrogen (secondary N) is 1. The van der Waals surface area contributed by atoms with Gasteiger partial charge in [0.1, 0.15) is 0 Å². The van der Waals surface area contributed by atoms with E-state index in [0.29, 0.717) is 16.9 Å². The van der Waals surface area contributed by atoms with E-state index in [9.17, 15) is 18.0 Å². The molecule has 3 rings (SSSR count). The van der Waals surface area contributed by atoms with Crippen molar-refractivity contribution in [1.82, 2.24) is 0 Å². The Morgan fingerprint density at radius 2 is 1.68 bits per heavy atom. The van der Waals surface area contributed by atoms with Crippen LogP contribution in [-0.4, -0.2) is 40.2 Å². The molecule has 3 aromatic rings. The highest BCUT2D eigenvalue weighted by atomic mass is 35.5. The van der Waals surface area contributed by atoms with Crippen molar-refractivity contribution in [2.75, 3.05) is 29.5 Å². The molecule has 7 nitrogen and oxygen atoms in total. The third kappa shape index (κ3) is 5.72. The van der Waals surface area contributed by atoms with Crippen molar-refractivity contribution in [1.29, 1.82) is 0 Å². The number of thioether (sulfide) groups is 1. The van der Waals surface area contributed by atoms with Gasteiger partial charge in [0, 0.05) is 23.2 Å². The normalized spacial score (nSPS) is 11.1. The summed E-state index contributed by atoms with van der Waals surface area (Å²) in [4.78, 5) is 25.8. The van der Waals surface area contributed by atoms with Crippen LogP contribution in [0.25, 0.3) is 0 Å². The molecule has 10 heteroatoms. The Balaban J connectivity index is 1.75. The van der Waals surface area contributed by atoms with Crippen LogP contribution < -0.4 is 9.62 Å². The maximum atomic E-state index is 12.9. The van der Waals surface area contributed by atoms with Gasteiger partial charge in [0.15, 0.2) is 0 Å². The van der Waals surface area contributed by atoms with Crippen LogP contribution in [0.15, 0.2) is 76.5 Å². The lowest BCUT2D eigenvalue weighted by molar-refractivity contribution is 0.0526. The van der Waals surface area contributed by atoms with Crippen molar-refractivity contribution >= 4 is 56.6 Å². The molecule has 0 aromatic heterocycles. The Labute approximate surface area is 208 Å². The molecule has 0 aliphatic rings. The minimum Gasteiger partial charge on any atom is -0.462 e. The number of ether oxygens (including phenoxy) is 1. The van der Waals surface area contributed by atoms with E-state index in [1.165, 1.54) is 43.1 Å². The SMILES string of the molecule is CCOC(=O)c1cc(NC(=O)c2ccc(N(C)S(=O)(=O)c3ccc(SC)cc3)cc2)ccc1Cl. The van der Waals surface area contributed by atoms with E-state index in [-0.39, 0.29) is 22.1 Å². The van der Waals surface area contributed by atoms with Crippen LogP contribution in [0.4, 0.5) is 11.4 Å². The molecule has 0 bridgehead atoms. The average molecular weight is 519 g/mol. The highest BCUT2D eigenvalue weighted by Gasteiger charge is 2.21. The molecule has 34 heavy (non-hydrogen) atoms. The molecule has 0 aliphatic heterocycles. The molecule has 0 spiro atoms. The van der Waals surface area contributed by atoms with Crippen LogP contribution >= 0.6 is 23.4 Å². The molecule has 0 fully saturated rings. The van der Waals surface area contributed by atoms with Crippen LogP contribution in [0.2, 0.25) is 5.02 Å². The zero-order valence-corrected chi connectivity index (χ0v) is 21.1. The summed E-state index contributed by atoms with van der Waals surface area (Å²) < 4.78 is 32.0. The van der Waals surface area contributed by atoms with Crippen molar-refractivity contribution in [3.8, 4) is 0 Å². The highest BCUT2D eigenvalue weighted by molar-refractivity contribution is 7.98. The Kier molecular flexibility index (Phi) is 8.24. The predicted molar refractivity (Wildman–Crippen MR) is 136 cm³/mol. The first-order valence-corrected chi connectivity index (χ1v) is 13.2. The molecule has 0 radical (unpaired) electrons. The molecule has 0 saturated carbocycles. The molecule has 0 unspecified atom stereocenters. The van der Waals surface area contributed by atoms with Gasteiger partial charge in [0.25, 0.3) is 15.9 Å². The lowest BCUT2D eigenvalue weighted by Gasteiger charge is -2.20. The van der Waals surface area contributed by atoms with Gasteiger partial charge in [-0.25, -0.2) is 13.2 Å². The Morgan fingerprint density at radius 3 is 2.26 bits per heavy atom. The van der Waals surface area contributed by atoms with Crippen molar-refractivity contribution < 1.29 is 22.7 Å². The number of sulfonamides is 1. The zero-order valence-electron chi connectivity index (χ0n) is 18.7. The second-order valence-electron chi connectivity index (χ2n) is 7.06. The highest BCUT2D eigenvalue weighted by Crippen LogP contribution is 2.25. The summed E-state index contributed by atoms with van der Waals surface area (Å²) in [7, 11) is -2.30. The van der Waals surface area contributed by atoms with Crippen LogP contribution in [0.3, 0.4) is 0 Å². The number of halogens is 1. The molecule has 178 valence electrons. The second kappa shape index (κ2) is 10.9. The summed E-state index contributed by atoms with van der Waals surface area (Å²) in [5, 5.41) is 2.92. The number of hydrogen-bond donors (Lipinski definition) is 1. The van der Waals surface area contributed by atoms with Crippen LogP contribution in [0.1, 0.15) is 27.6 Å². The first-order valence-electron chi connectivity index (χ1n) is 10.2. The summed E-state index contributed by atoms with van der Waals surface area (Å²) in [6, 6.07) is 17.3. The topological polar surface area (TPSA) is 92.8 Å². The molecular formula is C24H23ClN2O5S2. The standard InChI is InChI=1S/C24H23ClN2O5S2/c1-4-32-24(29)21-15-17(7-14-22(21)25)26-23(28)16-5-8-18(9-6-16)27(2)34(30,31)20-12-10-19(33-3)11-13-20/h5-15H,4H2,1-3H3,(H,26,28). The lowest BCUT2D eigenvalue weighted by atomic mass is 10.1. The van der Waals surface area contributed by atoms with Crippen molar-refractivity contribution in [2.24, 2.45) is 0 Å². The third-order valence-corrected chi connectivity index (χ3v) is 7.80. The minimum atomic E-state index is -3.75. The number of benzene rings is 3. The maximum Gasteiger partial charge on any atom is 0.339 e. The Morgan fingerprint density at radius 1 is 1.03 bits per heavy atom. The number of hydrogen-bond acceptors (Lipinski definition) is 6. The smallest absolute Gasteiger partial charge is 0.339 e. The van der Waals surface area contributed by atoms with E-state index in [2.05, 4.69) is 5.32 Å². The maximum absolute atomic E-state index is 12.9. The number of esters is 1. The van der Waals surface area contributed by atoms with Gasteiger partial charge in [-0.15, -0.1) is 11.8 Å². The number of nitrogens with zero attached hydrogens (tertiary/aromatic N) is 1. The van der Waals surface area contributed by atoms with Gasteiger partial charge in [-0.05, 0) is 79.9 Å². The number of carbonyl (C=O) groups excluding carboxylic acids is 2. The largest absolute Gasteiger partial charge is 0.462 e. The fraction of sp³-hybridized carbons (Fsp3) is 0.167. The number of carbonyl (C=O) groups is 2. The van der Waals surface area contributed by atoms with Crippen LogP contribution in [-0.2, 0) is 14.8 Å². The summed E-state index contributed by atoms with van der Waals surface area (Å²) >= 11 is 7.58. The minimum absolute atomic E-state index is 0.147. The van der Waals surface area contributed by atoms with Gasteiger partial charge in [-0.1, -0.05) is 11.6 Å². The van der Waals surface area contributed by atoms with Crippen LogP contribution in [0.5, 0.6) is 0 Å². The summed E-state index contributed by atoms with van der Waals surface area (Å²) in [6.07, 6.45) is 1.92. The summed E-state index contributed by atoms with van der Waals surface area (Å²) in [5.41, 5.74) is 1.23. The van der Waals surface area contributed by atoms with Gasteiger partial charge in [0.2, 0.25) is 0 Å². The van der Waals surface area contributed by atoms with Gasteiger partial charge >= 0.3 is 5.97 Å². The Hall–Kier alpha value is -3.01. The van der Waals surface area contributed by atoms with E-state index in [1.807, 2.05) is 6.26 Å². The molecule has 0 atom stereocenters. The first-order chi connectivity index (χ1) is 16.2. The van der Waals surface area contributed by atoms with Gasteiger partial charge in [-0.3, -0.25) is 9.10 Å². The van der Waals surface area contributed by atoms with Gasteiger partial charge in [-0.2, -0.15) is 0 Å². The van der Waals surface area contributed by atoms with E-state index in [0.717, 1.165) is 9.20 Å². The van der Waals surface area contributed by atoms with Crippen molar-refractivity contribution in [3.05, 3.63) is 82.9 Å². The quantitative estimate of drug-likeness (QED) is 0.320. The van der Waals surface area contributed by atoms with Gasteiger partial charge < -0.3 is 10.1 Å². The number of anilines is 2. The molecule has 1 amide bonds. The van der Waals surface area contributed by atoms with Crippen molar-refractivity contribution in [2.45, 2.75) is 16.7 Å². The Bertz CT molecular complexity index is 1290. The molecule has 3 aromatic carbocycles. The number of rotatable bonds is 8. The monoisotopic (exact) mass is 518 g/mol. The van der Waals surface area contributed by atoms with Crippen LogP contribution in [0, 0.1) is 0 Å². The fourth-order valence-corrected chi connectivity index (χ4v) is 4.84. The second-order valence-corrected chi connectivity index (χ2v) is 10.3. The number of amides is 1. The average Bonchev–Trinajstić information content (AvgIpc) is 2.85. The van der Waals surface area contributed by atoms with E-state index >= 15 is 0 Å². The summed E-state index contributed by atoms with van der Waals surface area (Å²) in [5.74, 6) is -1.01.